The fourth-order valence-electron chi connectivity index (χ4n) is 3.48. The van der Waals surface area contributed by atoms with E-state index in [9.17, 15) is 25.0 Å². The van der Waals surface area contributed by atoms with Gasteiger partial charge in [0, 0.05) is 6.07 Å². The number of ether oxygens (including phenoxy) is 2. The van der Waals surface area contributed by atoms with E-state index < -0.39 is 21.2 Å². The summed E-state index contributed by atoms with van der Waals surface area (Å²) in [6.07, 6.45) is 1.67. The largest absolute Gasteiger partial charge is 0.493 e. The van der Waals surface area contributed by atoms with Crippen molar-refractivity contribution in [3.63, 3.8) is 0 Å². The number of anilines is 1. The van der Waals surface area contributed by atoms with Gasteiger partial charge in [0.05, 0.1) is 43.6 Å². The molecule has 0 saturated carbocycles. The lowest BCUT2D eigenvalue weighted by Gasteiger charge is -2.14. The molecule has 0 aliphatic carbocycles. The molecule has 1 aliphatic rings. The molecule has 1 aliphatic heterocycles. The quantitative estimate of drug-likeness (QED) is 0.147. The lowest BCUT2D eigenvalue weighted by Crippen LogP contribution is -2.21. The summed E-state index contributed by atoms with van der Waals surface area (Å²) in [5.41, 5.74) is 1.22. The highest BCUT2D eigenvalue weighted by Crippen LogP contribution is 2.41. The van der Waals surface area contributed by atoms with Gasteiger partial charge in [-0.05, 0) is 71.5 Å². The highest BCUT2D eigenvalue weighted by atomic mass is 127. The number of halogens is 1. The molecule has 0 spiro atoms. The minimum absolute atomic E-state index is 0.180. The first kappa shape index (κ1) is 24.8. The Labute approximate surface area is 218 Å². The van der Waals surface area contributed by atoms with Crippen LogP contribution in [0.4, 0.5) is 17.1 Å². The van der Waals surface area contributed by atoms with E-state index in [2.05, 4.69) is 5.10 Å². The number of amides is 1. The molecule has 182 valence electrons. The van der Waals surface area contributed by atoms with Crippen LogP contribution in [0.5, 0.6) is 17.2 Å². The van der Waals surface area contributed by atoms with Crippen molar-refractivity contribution in [1.29, 1.82) is 0 Å². The molecule has 0 saturated heterocycles. The van der Waals surface area contributed by atoms with Gasteiger partial charge in [-0.3, -0.25) is 25.0 Å². The van der Waals surface area contributed by atoms with E-state index in [1.165, 1.54) is 12.1 Å². The van der Waals surface area contributed by atoms with E-state index in [1.54, 1.807) is 37.3 Å². The Hall–Kier alpha value is -4.33. The van der Waals surface area contributed by atoms with E-state index >= 15 is 0 Å². The predicted octanol–water partition coefficient (Wildman–Crippen LogP) is 5.71. The first-order valence-electron chi connectivity index (χ1n) is 10.3. The molecule has 3 aromatic rings. The summed E-state index contributed by atoms with van der Waals surface area (Å²) in [7, 11) is 1.41. The third-order valence-corrected chi connectivity index (χ3v) is 5.99. The molecular formula is C24H17IN4O7. The lowest BCUT2D eigenvalue weighted by atomic mass is 10.1. The van der Waals surface area contributed by atoms with Gasteiger partial charge in [0.2, 0.25) is 5.75 Å². The summed E-state index contributed by atoms with van der Waals surface area (Å²) < 4.78 is 11.8. The molecule has 0 N–H and O–H groups in total. The number of carbonyl (C=O) groups excluding carboxylic acids is 1. The summed E-state index contributed by atoms with van der Waals surface area (Å²) in [6.45, 7) is 1.74. The predicted molar refractivity (Wildman–Crippen MR) is 141 cm³/mol. The van der Waals surface area contributed by atoms with Crippen LogP contribution in [0.2, 0.25) is 0 Å². The Bertz CT molecular complexity index is 1450. The zero-order valence-corrected chi connectivity index (χ0v) is 21.0. The molecule has 0 radical (unpaired) electrons. The third-order valence-electron chi connectivity index (χ3n) is 5.19. The number of nitro benzene ring substituents is 2. The van der Waals surface area contributed by atoms with Crippen molar-refractivity contribution in [2.24, 2.45) is 5.10 Å². The second kappa shape index (κ2) is 10.1. The molecule has 1 amide bonds. The number of para-hydroxylation sites is 1. The summed E-state index contributed by atoms with van der Waals surface area (Å²) >= 11 is 1.98. The molecule has 1 heterocycles. The van der Waals surface area contributed by atoms with Crippen molar-refractivity contribution in [3.05, 3.63) is 95.6 Å². The number of hydrogen-bond acceptors (Lipinski definition) is 8. The summed E-state index contributed by atoms with van der Waals surface area (Å²) in [6, 6.07) is 15.5. The molecule has 0 aromatic heterocycles. The van der Waals surface area contributed by atoms with Crippen molar-refractivity contribution in [2.75, 3.05) is 12.1 Å². The number of nitrogens with zero attached hydrogens (tertiary/aromatic N) is 4. The van der Waals surface area contributed by atoms with Crippen LogP contribution >= 0.6 is 22.6 Å². The van der Waals surface area contributed by atoms with Gasteiger partial charge < -0.3 is 9.47 Å². The molecule has 11 nitrogen and oxygen atoms in total. The molecule has 4 rings (SSSR count). The first-order chi connectivity index (χ1) is 17.2. The smallest absolute Gasteiger partial charge is 0.318 e. The fraction of sp³-hybridized carbons (Fsp3) is 0.0833. The Morgan fingerprint density at radius 2 is 1.72 bits per heavy atom. The van der Waals surface area contributed by atoms with E-state index in [1.807, 2.05) is 40.8 Å². The van der Waals surface area contributed by atoms with Gasteiger partial charge in [0.15, 0.2) is 11.5 Å². The van der Waals surface area contributed by atoms with Crippen molar-refractivity contribution in [3.8, 4) is 17.2 Å². The SMILES string of the molecule is COc1cc(/C=C2\C(=O)N(c3ccccc3)N=C2C)cc(I)c1Oc1ccc([N+](=O)[O-])cc1[N+](=O)[O-]. The van der Waals surface area contributed by atoms with E-state index in [-0.39, 0.29) is 23.2 Å². The summed E-state index contributed by atoms with van der Waals surface area (Å²) in [5.74, 6) is -0.0255. The van der Waals surface area contributed by atoms with Crippen LogP contribution in [0.25, 0.3) is 6.08 Å². The number of hydrogen-bond donors (Lipinski definition) is 0. The maximum absolute atomic E-state index is 13.0. The second-order valence-electron chi connectivity index (χ2n) is 7.50. The molecule has 36 heavy (non-hydrogen) atoms. The Morgan fingerprint density at radius 3 is 2.36 bits per heavy atom. The van der Waals surface area contributed by atoms with Crippen LogP contribution in [0.1, 0.15) is 12.5 Å². The molecule has 0 fully saturated rings. The van der Waals surface area contributed by atoms with Gasteiger partial charge in [0.25, 0.3) is 11.6 Å². The van der Waals surface area contributed by atoms with Crippen molar-refractivity contribution in [2.45, 2.75) is 6.92 Å². The Kier molecular flexibility index (Phi) is 6.96. The minimum atomic E-state index is -0.757. The summed E-state index contributed by atoms with van der Waals surface area (Å²) in [4.78, 5) is 34.0. The third kappa shape index (κ3) is 4.88. The van der Waals surface area contributed by atoms with Gasteiger partial charge in [-0.25, -0.2) is 0 Å². The monoisotopic (exact) mass is 600 g/mol. The van der Waals surface area contributed by atoms with Gasteiger partial charge in [-0.2, -0.15) is 10.1 Å². The maximum atomic E-state index is 13.0. The standard InChI is InChI=1S/C24H17IN4O7/c1-14-18(24(30)27(26-14)16-6-4-3-5-7-16)10-15-11-19(25)23(22(12-15)35-2)36-21-9-8-17(28(31)32)13-20(21)29(33)34/h3-13H,1-2H3/b18-10-. The van der Waals surface area contributed by atoms with Crippen LogP contribution in [0.15, 0.2) is 71.3 Å². The highest BCUT2D eigenvalue weighted by molar-refractivity contribution is 14.1. The van der Waals surface area contributed by atoms with Gasteiger partial charge >= 0.3 is 5.69 Å². The van der Waals surface area contributed by atoms with Crippen LogP contribution < -0.4 is 14.5 Å². The average Bonchev–Trinajstić information content (AvgIpc) is 3.14. The average molecular weight is 600 g/mol. The van der Waals surface area contributed by atoms with Crippen LogP contribution in [0, 0.1) is 23.8 Å². The molecule has 12 heteroatoms. The first-order valence-corrected chi connectivity index (χ1v) is 11.4. The van der Waals surface area contributed by atoms with Crippen molar-refractivity contribution >= 4 is 57.3 Å². The Morgan fingerprint density at radius 1 is 1.00 bits per heavy atom. The number of rotatable bonds is 7. The van der Waals surface area contributed by atoms with Crippen molar-refractivity contribution in [1.82, 2.24) is 0 Å². The zero-order chi connectivity index (χ0) is 26.0. The zero-order valence-electron chi connectivity index (χ0n) is 18.9. The number of hydrazone groups is 1. The molecular weight excluding hydrogens is 583 g/mol. The number of methoxy groups -OCH3 is 1. The van der Waals surface area contributed by atoms with Gasteiger partial charge in [-0.1, -0.05) is 18.2 Å². The van der Waals surface area contributed by atoms with Crippen molar-refractivity contribution < 1.29 is 24.1 Å². The van der Waals surface area contributed by atoms with Gasteiger partial charge in [-0.15, -0.1) is 0 Å². The normalized spacial score (nSPS) is 14.1. The fourth-order valence-corrected chi connectivity index (χ4v) is 4.21. The topological polar surface area (TPSA) is 137 Å². The molecule has 3 aromatic carbocycles. The minimum Gasteiger partial charge on any atom is -0.493 e. The lowest BCUT2D eigenvalue weighted by molar-refractivity contribution is -0.394. The number of carbonyl (C=O) groups is 1. The Balaban J connectivity index is 1.68. The molecule has 0 atom stereocenters. The van der Waals surface area contributed by atoms with Gasteiger partial charge in [0.1, 0.15) is 0 Å². The van der Waals surface area contributed by atoms with Crippen LogP contribution in [-0.2, 0) is 4.79 Å². The summed E-state index contributed by atoms with van der Waals surface area (Å²) in [5, 5.41) is 28.2. The number of benzene rings is 3. The van der Waals surface area contributed by atoms with E-state index in [0.717, 1.165) is 18.2 Å². The van der Waals surface area contributed by atoms with E-state index in [4.69, 9.17) is 9.47 Å². The second-order valence-corrected chi connectivity index (χ2v) is 8.66. The number of nitro groups is 2. The maximum Gasteiger partial charge on any atom is 0.318 e. The number of non-ortho nitro benzene ring substituents is 1. The molecule has 0 unspecified atom stereocenters. The van der Waals surface area contributed by atoms with Crippen LogP contribution in [0.3, 0.4) is 0 Å². The highest BCUT2D eigenvalue weighted by Gasteiger charge is 2.29. The van der Waals surface area contributed by atoms with Crippen LogP contribution in [-0.4, -0.2) is 28.6 Å². The van der Waals surface area contributed by atoms with E-state index in [0.29, 0.717) is 26.1 Å². The molecule has 0 bridgehead atoms.